The van der Waals surface area contributed by atoms with Crippen LogP contribution in [0.15, 0.2) is 52.3 Å². The summed E-state index contributed by atoms with van der Waals surface area (Å²) in [7, 11) is -8.85. The lowest BCUT2D eigenvalue weighted by molar-refractivity contribution is 0.0981. The number of carbonyl (C=O) groups excluding carboxylic acids is 1. The molecule has 0 atom stereocenters. The van der Waals surface area contributed by atoms with E-state index in [4.69, 9.17) is 5.14 Å². The highest BCUT2D eigenvalue weighted by Gasteiger charge is 2.26. The SMILES string of the molecule is NS(=O)(=O)c1ccccc1S(=O)(=O)NC(=O)c1ccc(C#CC2CCCC2)c(CO)c1. The summed E-state index contributed by atoms with van der Waals surface area (Å²) in [4.78, 5) is 11.3. The molecule has 164 valence electrons. The van der Waals surface area contributed by atoms with Crippen LogP contribution < -0.4 is 9.86 Å². The Morgan fingerprint density at radius 2 is 1.71 bits per heavy atom. The van der Waals surface area contributed by atoms with Crippen molar-refractivity contribution in [1.82, 2.24) is 4.72 Å². The van der Waals surface area contributed by atoms with Gasteiger partial charge in [-0.1, -0.05) is 36.8 Å². The van der Waals surface area contributed by atoms with E-state index in [9.17, 15) is 26.7 Å². The van der Waals surface area contributed by atoms with E-state index in [0.29, 0.717) is 17.0 Å². The summed E-state index contributed by atoms with van der Waals surface area (Å²) in [5, 5.41) is 14.7. The molecule has 1 aliphatic rings. The molecule has 10 heteroatoms. The molecule has 8 nitrogen and oxygen atoms in total. The molecule has 0 bridgehead atoms. The lowest BCUT2D eigenvalue weighted by Gasteiger charge is -2.11. The summed E-state index contributed by atoms with van der Waals surface area (Å²) < 4.78 is 50.5. The lowest BCUT2D eigenvalue weighted by Crippen LogP contribution is -2.32. The van der Waals surface area contributed by atoms with Gasteiger partial charge in [-0.05, 0) is 48.7 Å². The van der Waals surface area contributed by atoms with Crippen LogP contribution in [0.2, 0.25) is 0 Å². The second-order valence-corrected chi connectivity index (χ2v) is 10.4. The van der Waals surface area contributed by atoms with Crippen molar-refractivity contribution in [3.63, 3.8) is 0 Å². The van der Waals surface area contributed by atoms with Gasteiger partial charge in [0.2, 0.25) is 10.0 Å². The van der Waals surface area contributed by atoms with Gasteiger partial charge < -0.3 is 5.11 Å². The first kappa shape index (κ1) is 23.0. The zero-order valence-electron chi connectivity index (χ0n) is 16.5. The van der Waals surface area contributed by atoms with Gasteiger partial charge >= 0.3 is 0 Å². The topological polar surface area (TPSA) is 144 Å². The van der Waals surface area contributed by atoms with Crippen LogP contribution in [-0.4, -0.2) is 27.8 Å². The molecule has 1 saturated carbocycles. The molecule has 2 aromatic carbocycles. The van der Waals surface area contributed by atoms with Crippen LogP contribution in [0.5, 0.6) is 0 Å². The van der Waals surface area contributed by atoms with Crippen molar-refractivity contribution in [2.24, 2.45) is 11.1 Å². The number of hydrogen-bond donors (Lipinski definition) is 3. The van der Waals surface area contributed by atoms with E-state index in [0.717, 1.165) is 37.8 Å². The minimum Gasteiger partial charge on any atom is -0.392 e. The molecule has 1 amide bonds. The Labute approximate surface area is 181 Å². The number of sulfonamides is 2. The van der Waals surface area contributed by atoms with Crippen molar-refractivity contribution >= 4 is 26.0 Å². The molecular formula is C21H22N2O6S2. The second kappa shape index (κ2) is 9.20. The minimum atomic E-state index is -4.52. The number of primary sulfonamides is 1. The summed E-state index contributed by atoms with van der Waals surface area (Å²) in [6.45, 7) is -0.378. The van der Waals surface area contributed by atoms with E-state index in [1.54, 1.807) is 6.07 Å². The standard InChI is InChI=1S/C21H22N2O6S2/c22-30(26,27)19-7-3-4-8-20(19)31(28,29)23-21(25)17-12-11-16(18(13-17)14-24)10-9-15-5-1-2-6-15/h3-4,7-8,11-13,15,24H,1-2,5-6,14H2,(H,23,25)(H2,22,26,27). The van der Waals surface area contributed by atoms with E-state index in [1.807, 2.05) is 4.72 Å². The van der Waals surface area contributed by atoms with E-state index in [-0.39, 0.29) is 12.2 Å². The molecule has 3 rings (SSSR count). The molecule has 0 aromatic heterocycles. The van der Waals surface area contributed by atoms with Crippen LogP contribution in [-0.2, 0) is 26.7 Å². The lowest BCUT2D eigenvalue weighted by atomic mass is 10.0. The fourth-order valence-corrected chi connectivity index (χ4v) is 5.74. The number of hydrogen-bond acceptors (Lipinski definition) is 6. The van der Waals surface area contributed by atoms with Gasteiger partial charge in [0, 0.05) is 17.0 Å². The third-order valence-corrected chi connectivity index (χ3v) is 7.46. The largest absolute Gasteiger partial charge is 0.392 e. The monoisotopic (exact) mass is 462 g/mol. The van der Waals surface area contributed by atoms with E-state index in [1.165, 1.54) is 24.3 Å². The molecule has 2 aromatic rings. The first-order chi connectivity index (χ1) is 14.6. The number of amides is 1. The first-order valence-corrected chi connectivity index (χ1v) is 12.6. The van der Waals surface area contributed by atoms with Gasteiger partial charge in [0.05, 0.1) is 6.61 Å². The Morgan fingerprint density at radius 3 is 2.32 bits per heavy atom. The molecule has 4 N–H and O–H groups in total. The average molecular weight is 463 g/mol. The van der Waals surface area contributed by atoms with E-state index < -0.39 is 35.7 Å². The van der Waals surface area contributed by atoms with Crippen LogP contribution in [0.1, 0.15) is 47.2 Å². The van der Waals surface area contributed by atoms with Gasteiger partial charge in [-0.3, -0.25) is 4.79 Å². The van der Waals surface area contributed by atoms with E-state index in [2.05, 4.69) is 11.8 Å². The summed E-state index contributed by atoms with van der Waals surface area (Å²) in [5.41, 5.74) is 0.931. The number of rotatable bonds is 5. The Balaban J connectivity index is 1.87. The van der Waals surface area contributed by atoms with Gasteiger partial charge in [0.1, 0.15) is 9.79 Å². The molecule has 0 aliphatic heterocycles. The summed E-state index contributed by atoms with van der Waals surface area (Å²) in [6.07, 6.45) is 4.38. The zero-order valence-corrected chi connectivity index (χ0v) is 18.2. The molecular weight excluding hydrogens is 440 g/mol. The quantitative estimate of drug-likeness (QED) is 0.574. The molecule has 0 unspecified atom stereocenters. The molecule has 0 spiro atoms. The predicted molar refractivity (Wildman–Crippen MR) is 114 cm³/mol. The number of aliphatic hydroxyl groups excluding tert-OH is 1. The van der Waals surface area contributed by atoms with Gasteiger partial charge in [0.15, 0.2) is 0 Å². The number of carbonyl (C=O) groups is 1. The summed E-state index contributed by atoms with van der Waals surface area (Å²) >= 11 is 0. The van der Waals surface area contributed by atoms with Crippen molar-refractivity contribution in [3.8, 4) is 11.8 Å². The number of aliphatic hydroxyl groups is 1. The minimum absolute atomic E-state index is 0.0212. The van der Waals surface area contributed by atoms with Crippen molar-refractivity contribution < 1.29 is 26.7 Å². The van der Waals surface area contributed by atoms with Crippen LogP contribution in [0, 0.1) is 17.8 Å². The second-order valence-electron chi connectivity index (χ2n) is 7.21. The molecule has 1 aliphatic carbocycles. The van der Waals surface area contributed by atoms with Crippen molar-refractivity contribution in [1.29, 1.82) is 0 Å². The highest BCUT2D eigenvalue weighted by atomic mass is 32.2. The number of nitrogens with two attached hydrogens (primary N) is 1. The Morgan fingerprint density at radius 1 is 1.06 bits per heavy atom. The fourth-order valence-electron chi connectivity index (χ4n) is 3.38. The number of nitrogens with one attached hydrogen (secondary N) is 1. The highest BCUT2D eigenvalue weighted by Crippen LogP contribution is 2.24. The number of benzene rings is 2. The van der Waals surface area contributed by atoms with Gasteiger partial charge in [-0.15, -0.1) is 0 Å². The Bertz CT molecular complexity index is 1270. The molecule has 31 heavy (non-hydrogen) atoms. The normalized spacial score (nSPS) is 14.6. The molecule has 1 fully saturated rings. The van der Waals surface area contributed by atoms with E-state index >= 15 is 0 Å². The molecule has 0 saturated heterocycles. The van der Waals surface area contributed by atoms with Crippen LogP contribution in [0.3, 0.4) is 0 Å². The van der Waals surface area contributed by atoms with Gasteiger partial charge in [-0.2, -0.15) is 0 Å². The molecule has 0 heterocycles. The fraction of sp³-hybridized carbons (Fsp3) is 0.286. The summed E-state index contributed by atoms with van der Waals surface area (Å²) in [6, 6.07) is 9.01. The zero-order chi connectivity index (χ0) is 22.6. The summed E-state index contributed by atoms with van der Waals surface area (Å²) in [5.74, 6) is 5.55. The molecule has 0 radical (unpaired) electrons. The van der Waals surface area contributed by atoms with Crippen molar-refractivity contribution in [2.45, 2.75) is 42.1 Å². The predicted octanol–water partition coefficient (Wildman–Crippen LogP) is 1.49. The third-order valence-electron chi connectivity index (χ3n) is 4.98. The van der Waals surface area contributed by atoms with Gasteiger partial charge in [-0.25, -0.2) is 26.7 Å². The first-order valence-electron chi connectivity index (χ1n) is 9.56. The highest BCUT2D eigenvalue weighted by molar-refractivity contribution is 7.92. The average Bonchev–Trinajstić information content (AvgIpc) is 3.25. The Hall–Kier alpha value is -2.71. The van der Waals surface area contributed by atoms with Crippen molar-refractivity contribution in [2.75, 3.05) is 0 Å². The van der Waals surface area contributed by atoms with Crippen molar-refractivity contribution in [3.05, 3.63) is 59.2 Å². The smallest absolute Gasteiger partial charge is 0.265 e. The van der Waals surface area contributed by atoms with Crippen LogP contribution >= 0.6 is 0 Å². The maximum Gasteiger partial charge on any atom is 0.265 e. The van der Waals surface area contributed by atoms with Crippen LogP contribution in [0.4, 0.5) is 0 Å². The third kappa shape index (κ3) is 5.51. The Kier molecular flexibility index (Phi) is 6.81. The van der Waals surface area contributed by atoms with Crippen LogP contribution in [0.25, 0.3) is 0 Å². The van der Waals surface area contributed by atoms with Gasteiger partial charge in [0.25, 0.3) is 15.9 Å². The maximum atomic E-state index is 12.6. The maximum absolute atomic E-state index is 12.6.